The maximum atomic E-state index is 9.01. The summed E-state index contributed by atoms with van der Waals surface area (Å²) < 4.78 is 2.19. The highest BCUT2D eigenvalue weighted by Gasteiger charge is 2.22. The van der Waals surface area contributed by atoms with Crippen LogP contribution in [0.4, 0.5) is 0 Å². The van der Waals surface area contributed by atoms with E-state index in [9.17, 15) is 0 Å². The fourth-order valence-corrected chi connectivity index (χ4v) is 3.47. The van der Waals surface area contributed by atoms with Crippen LogP contribution in [-0.4, -0.2) is 39.5 Å². The second kappa shape index (κ2) is 8.86. The van der Waals surface area contributed by atoms with E-state index >= 15 is 0 Å². The van der Waals surface area contributed by atoms with Crippen LogP contribution in [0.1, 0.15) is 37.7 Å². The number of hydrogen-bond acceptors (Lipinski definition) is 5. The molecule has 2 unspecified atom stereocenters. The summed E-state index contributed by atoms with van der Waals surface area (Å²) in [4.78, 5) is 2.18. The molecular formula is C18H25N5S. The zero-order chi connectivity index (χ0) is 17.5. The van der Waals surface area contributed by atoms with Crippen molar-refractivity contribution in [3.63, 3.8) is 0 Å². The van der Waals surface area contributed by atoms with Crippen LogP contribution < -0.4 is 0 Å². The van der Waals surface area contributed by atoms with Gasteiger partial charge in [-0.05, 0) is 33.0 Å². The predicted molar refractivity (Wildman–Crippen MR) is 97.8 cm³/mol. The summed E-state index contributed by atoms with van der Waals surface area (Å²) in [6.07, 6.45) is 0.971. The van der Waals surface area contributed by atoms with Crippen LogP contribution in [0.3, 0.4) is 0 Å². The van der Waals surface area contributed by atoms with Gasteiger partial charge >= 0.3 is 0 Å². The van der Waals surface area contributed by atoms with Gasteiger partial charge in [0.05, 0.1) is 24.6 Å². The van der Waals surface area contributed by atoms with Crippen LogP contribution >= 0.6 is 11.8 Å². The average Bonchev–Trinajstić information content (AvgIpc) is 2.96. The van der Waals surface area contributed by atoms with Crippen LogP contribution in [0.25, 0.3) is 0 Å². The molecule has 0 bridgehead atoms. The highest BCUT2D eigenvalue weighted by atomic mass is 32.2. The topological polar surface area (TPSA) is 57.7 Å². The van der Waals surface area contributed by atoms with E-state index < -0.39 is 0 Å². The molecule has 0 saturated carbocycles. The molecule has 0 aliphatic carbocycles. The van der Waals surface area contributed by atoms with Crippen molar-refractivity contribution in [1.82, 2.24) is 19.7 Å². The first-order valence-electron chi connectivity index (χ1n) is 8.22. The Hall–Kier alpha value is -1.84. The van der Waals surface area contributed by atoms with Gasteiger partial charge in [0.1, 0.15) is 0 Å². The van der Waals surface area contributed by atoms with Crippen LogP contribution in [-0.2, 0) is 6.54 Å². The lowest BCUT2D eigenvalue weighted by Crippen LogP contribution is -2.23. The highest BCUT2D eigenvalue weighted by molar-refractivity contribution is 7.99. The second-order valence-electron chi connectivity index (χ2n) is 6.14. The minimum atomic E-state index is -0.00357. The van der Waals surface area contributed by atoms with E-state index in [1.54, 1.807) is 11.8 Å². The molecule has 5 nitrogen and oxygen atoms in total. The molecule has 0 fully saturated rings. The van der Waals surface area contributed by atoms with Gasteiger partial charge in [-0.15, -0.1) is 10.2 Å². The van der Waals surface area contributed by atoms with E-state index in [0.29, 0.717) is 0 Å². The lowest BCUT2D eigenvalue weighted by atomic mass is 10.2. The normalized spacial score (nSPS) is 13.7. The lowest BCUT2D eigenvalue weighted by Gasteiger charge is -2.23. The molecule has 2 rings (SSSR count). The molecule has 2 aromatic rings. The zero-order valence-corrected chi connectivity index (χ0v) is 15.6. The summed E-state index contributed by atoms with van der Waals surface area (Å²) >= 11 is 1.61. The maximum absolute atomic E-state index is 9.01. The SMILES string of the molecule is CCC(c1nnc(SCC(C)C#N)n1Cc1ccccc1)N(C)C. The molecule has 128 valence electrons. The third-order valence-electron chi connectivity index (χ3n) is 3.92. The van der Waals surface area contributed by atoms with Gasteiger partial charge in [0.15, 0.2) is 11.0 Å². The van der Waals surface area contributed by atoms with E-state index in [1.807, 2.05) is 25.1 Å². The van der Waals surface area contributed by atoms with E-state index in [2.05, 4.69) is 58.9 Å². The van der Waals surface area contributed by atoms with Crippen molar-refractivity contribution < 1.29 is 0 Å². The average molecular weight is 344 g/mol. The van der Waals surface area contributed by atoms with Crippen molar-refractivity contribution in [2.24, 2.45) is 5.92 Å². The number of nitriles is 1. The molecule has 24 heavy (non-hydrogen) atoms. The number of nitrogens with zero attached hydrogens (tertiary/aromatic N) is 5. The van der Waals surface area contributed by atoms with E-state index in [1.165, 1.54) is 5.56 Å². The van der Waals surface area contributed by atoms with Crippen molar-refractivity contribution in [2.45, 2.75) is 38.0 Å². The third-order valence-corrected chi connectivity index (χ3v) is 5.15. The molecule has 1 aromatic heterocycles. The van der Waals surface area contributed by atoms with Gasteiger partial charge in [-0.2, -0.15) is 5.26 Å². The summed E-state index contributed by atoms with van der Waals surface area (Å²) in [5, 5.41) is 18.8. The Balaban J connectivity index is 2.33. The zero-order valence-electron chi connectivity index (χ0n) is 14.8. The molecule has 0 N–H and O–H groups in total. The van der Waals surface area contributed by atoms with Crippen molar-refractivity contribution in [2.75, 3.05) is 19.8 Å². The minimum absolute atomic E-state index is 0.00357. The van der Waals surface area contributed by atoms with Crippen LogP contribution in [0, 0.1) is 17.2 Å². The van der Waals surface area contributed by atoms with Gasteiger partial charge in [-0.3, -0.25) is 4.90 Å². The number of thioether (sulfide) groups is 1. The van der Waals surface area contributed by atoms with Gasteiger partial charge in [-0.1, -0.05) is 49.0 Å². The van der Waals surface area contributed by atoms with Gasteiger partial charge in [0.2, 0.25) is 0 Å². The van der Waals surface area contributed by atoms with Gasteiger partial charge in [0, 0.05) is 5.75 Å². The summed E-state index contributed by atoms with van der Waals surface area (Å²) in [5.41, 5.74) is 1.22. The Bertz CT molecular complexity index is 674. The van der Waals surface area contributed by atoms with Gasteiger partial charge < -0.3 is 4.57 Å². The molecule has 0 saturated heterocycles. The molecule has 0 amide bonds. The standard InChI is InChI=1S/C18H25N5S/c1-5-16(22(3)4)17-20-21-18(24-13-14(2)11-19)23(17)12-15-9-7-6-8-10-15/h6-10,14,16H,5,12-13H2,1-4H3. The Kier molecular flexibility index (Phi) is 6.83. The smallest absolute Gasteiger partial charge is 0.191 e. The van der Waals surface area contributed by atoms with Crippen molar-refractivity contribution in [3.05, 3.63) is 41.7 Å². The summed E-state index contributed by atoms with van der Waals surface area (Å²) in [5.74, 6) is 1.71. The van der Waals surface area contributed by atoms with Gasteiger partial charge in [-0.25, -0.2) is 0 Å². The quantitative estimate of drug-likeness (QED) is 0.686. The fourth-order valence-electron chi connectivity index (χ4n) is 2.58. The second-order valence-corrected chi connectivity index (χ2v) is 7.13. The Labute approximate surface area is 148 Å². The maximum Gasteiger partial charge on any atom is 0.191 e. The van der Waals surface area contributed by atoms with E-state index in [-0.39, 0.29) is 12.0 Å². The first kappa shape index (κ1) is 18.5. The number of benzene rings is 1. The molecule has 1 aromatic carbocycles. The molecular weight excluding hydrogens is 318 g/mol. The Morgan fingerprint density at radius 3 is 2.54 bits per heavy atom. The molecule has 0 aliphatic rings. The van der Waals surface area contributed by atoms with E-state index in [0.717, 1.165) is 29.7 Å². The first-order valence-corrected chi connectivity index (χ1v) is 9.21. The first-order chi connectivity index (χ1) is 11.6. The fraction of sp³-hybridized carbons (Fsp3) is 0.500. The molecule has 0 radical (unpaired) electrons. The summed E-state index contributed by atoms with van der Waals surface area (Å²) in [7, 11) is 4.14. The van der Waals surface area contributed by atoms with Crippen molar-refractivity contribution in [1.29, 1.82) is 5.26 Å². The molecule has 0 aliphatic heterocycles. The Morgan fingerprint density at radius 2 is 1.96 bits per heavy atom. The largest absolute Gasteiger partial charge is 0.300 e. The molecule has 0 spiro atoms. The number of rotatable bonds is 8. The summed E-state index contributed by atoms with van der Waals surface area (Å²) in [6, 6.07) is 12.9. The van der Waals surface area contributed by atoms with Crippen LogP contribution in [0.15, 0.2) is 35.5 Å². The third kappa shape index (κ3) is 4.59. The summed E-state index contributed by atoms with van der Waals surface area (Å²) in [6.45, 7) is 4.84. The molecule has 1 heterocycles. The number of hydrogen-bond donors (Lipinski definition) is 0. The monoisotopic (exact) mass is 343 g/mol. The van der Waals surface area contributed by atoms with Crippen molar-refractivity contribution >= 4 is 11.8 Å². The van der Waals surface area contributed by atoms with Crippen LogP contribution in [0.2, 0.25) is 0 Å². The lowest BCUT2D eigenvalue weighted by molar-refractivity contribution is 0.272. The van der Waals surface area contributed by atoms with E-state index in [4.69, 9.17) is 5.26 Å². The van der Waals surface area contributed by atoms with Crippen molar-refractivity contribution in [3.8, 4) is 6.07 Å². The highest BCUT2D eigenvalue weighted by Crippen LogP contribution is 2.27. The molecule has 6 heteroatoms. The predicted octanol–water partition coefficient (Wildman–Crippen LogP) is 3.59. The number of aromatic nitrogens is 3. The molecule has 2 atom stereocenters. The minimum Gasteiger partial charge on any atom is -0.300 e. The van der Waals surface area contributed by atoms with Crippen LogP contribution in [0.5, 0.6) is 0 Å². The van der Waals surface area contributed by atoms with Gasteiger partial charge in [0.25, 0.3) is 0 Å². The Morgan fingerprint density at radius 1 is 1.25 bits per heavy atom.